The van der Waals surface area contributed by atoms with Crippen LogP contribution in [-0.4, -0.2) is 25.3 Å². The lowest BCUT2D eigenvalue weighted by Gasteiger charge is -2.28. The van der Waals surface area contributed by atoms with Crippen molar-refractivity contribution in [3.05, 3.63) is 59.1 Å². The molecule has 0 aliphatic carbocycles. The molecular weight excluding hydrogens is 336 g/mol. The van der Waals surface area contributed by atoms with Crippen molar-refractivity contribution in [2.24, 2.45) is 5.10 Å². The van der Waals surface area contributed by atoms with Crippen LogP contribution in [0.5, 0.6) is 0 Å². The van der Waals surface area contributed by atoms with Crippen molar-refractivity contribution >= 4 is 35.2 Å². The highest BCUT2D eigenvalue weighted by Gasteiger charge is 2.10. The van der Waals surface area contributed by atoms with Gasteiger partial charge in [0.2, 0.25) is 0 Å². The molecule has 130 valence electrons. The van der Waals surface area contributed by atoms with E-state index in [0.29, 0.717) is 10.7 Å². The second kappa shape index (κ2) is 8.53. The number of nitrogens with zero attached hydrogens (tertiary/aromatic N) is 2. The van der Waals surface area contributed by atoms with Gasteiger partial charge in [-0.15, -0.1) is 0 Å². The summed E-state index contributed by atoms with van der Waals surface area (Å²) in [5, 5.41) is 7.27. The molecule has 2 amide bonds. The maximum atomic E-state index is 11.8. The number of benzene rings is 2. The summed E-state index contributed by atoms with van der Waals surface area (Å²) >= 11 is 5.81. The van der Waals surface area contributed by atoms with E-state index in [1.165, 1.54) is 24.9 Å². The number of hydrazone groups is 1. The molecule has 5 nitrogen and oxygen atoms in total. The predicted octanol–water partition coefficient (Wildman–Crippen LogP) is 4.49. The van der Waals surface area contributed by atoms with E-state index in [-0.39, 0.29) is 0 Å². The maximum Gasteiger partial charge on any atom is 0.339 e. The van der Waals surface area contributed by atoms with Crippen molar-refractivity contribution in [2.45, 2.75) is 19.3 Å². The molecule has 0 bridgehead atoms. The van der Waals surface area contributed by atoms with Crippen LogP contribution in [0.25, 0.3) is 0 Å². The fourth-order valence-electron chi connectivity index (χ4n) is 2.78. The van der Waals surface area contributed by atoms with Crippen LogP contribution in [0.4, 0.5) is 16.2 Å². The number of hydrogen-bond acceptors (Lipinski definition) is 3. The first-order chi connectivity index (χ1) is 12.2. The second-order valence-electron chi connectivity index (χ2n) is 5.97. The average Bonchev–Trinajstić information content (AvgIpc) is 2.65. The zero-order valence-electron chi connectivity index (χ0n) is 13.9. The van der Waals surface area contributed by atoms with Gasteiger partial charge in [0.1, 0.15) is 0 Å². The second-order valence-corrected chi connectivity index (χ2v) is 6.41. The minimum absolute atomic E-state index is 0.400. The number of halogens is 1. The Morgan fingerprint density at radius 3 is 2.36 bits per heavy atom. The quantitative estimate of drug-likeness (QED) is 0.626. The first-order valence-corrected chi connectivity index (χ1v) is 8.79. The minimum Gasteiger partial charge on any atom is -0.372 e. The van der Waals surface area contributed by atoms with Gasteiger partial charge in [0.15, 0.2) is 0 Å². The van der Waals surface area contributed by atoms with E-state index in [1.54, 1.807) is 30.5 Å². The van der Waals surface area contributed by atoms with Crippen LogP contribution in [0, 0.1) is 0 Å². The Hall–Kier alpha value is -2.53. The summed E-state index contributed by atoms with van der Waals surface area (Å²) in [5.74, 6) is 0. The number of hydrogen-bond donors (Lipinski definition) is 2. The van der Waals surface area contributed by atoms with Gasteiger partial charge in [0.05, 0.1) is 6.21 Å². The zero-order chi connectivity index (χ0) is 17.5. The summed E-state index contributed by atoms with van der Waals surface area (Å²) in [6.45, 7) is 2.25. The Morgan fingerprint density at radius 1 is 1.00 bits per heavy atom. The zero-order valence-corrected chi connectivity index (χ0v) is 14.7. The maximum absolute atomic E-state index is 11.8. The van der Waals surface area contributed by atoms with Crippen LogP contribution in [0.3, 0.4) is 0 Å². The van der Waals surface area contributed by atoms with E-state index in [2.05, 4.69) is 32.9 Å². The number of amides is 2. The van der Waals surface area contributed by atoms with Crippen molar-refractivity contribution in [2.75, 3.05) is 23.3 Å². The van der Waals surface area contributed by atoms with Gasteiger partial charge in [-0.3, -0.25) is 0 Å². The van der Waals surface area contributed by atoms with Crippen LogP contribution < -0.4 is 15.6 Å². The van der Waals surface area contributed by atoms with Crippen LogP contribution in [0.15, 0.2) is 53.6 Å². The monoisotopic (exact) mass is 356 g/mol. The Bertz CT molecular complexity index is 722. The molecule has 1 aliphatic rings. The Labute approximate surface area is 152 Å². The smallest absolute Gasteiger partial charge is 0.339 e. The summed E-state index contributed by atoms with van der Waals surface area (Å²) in [5.41, 5.74) is 5.28. The molecular formula is C19H21ClN4O. The van der Waals surface area contributed by atoms with Crippen LogP contribution in [0.1, 0.15) is 24.8 Å². The van der Waals surface area contributed by atoms with Crippen molar-refractivity contribution < 1.29 is 4.79 Å². The Kier molecular flexibility index (Phi) is 5.90. The molecule has 2 aromatic rings. The highest BCUT2D eigenvalue weighted by molar-refractivity contribution is 6.30. The van der Waals surface area contributed by atoms with E-state index in [0.717, 1.165) is 18.7 Å². The molecule has 1 aliphatic heterocycles. The molecule has 0 unspecified atom stereocenters. The first kappa shape index (κ1) is 17.3. The van der Waals surface area contributed by atoms with Gasteiger partial charge in [-0.2, -0.15) is 5.10 Å². The lowest BCUT2D eigenvalue weighted by Crippen LogP contribution is -2.29. The summed E-state index contributed by atoms with van der Waals surface area (Å²) in [6, 6.07) is 14.7. The van der Waals surface area contributed by atoms with Gasteiger partial charge < -0.3 is 10.2 Å². The van der Waals surface area contributed by atoms with Crippen LogP contribution >= 0.6 is 11.6 Å². The van der Waals surface area contributed by atoms with Gasteiger partial charge in [0, 0.05) is 29.5 Å². The fourth-order valence-corrected chi connectivity index (χ4v) is 2.91. The van der Waals surface area contributed by atoms with Gasteiger partial charge >= 0.3 is 6.03 Å². The molecule has 0 spiro atoms. The topological polar surface area (TPSA) is 56.7 Å². The fraction of sp³-hybridized carbons (Fsp3) is 0.263. The third kappa shape index (κ3) is 5.22. The molecule has 2 aromatic carbocycles. The average molecular weight is 357 g/mol. The van der Waals surface area contributed by atoms with E-state index in [4.69, 9.17) is 11.6 Å². The molecule has 0 saturated carbocycles. The first-order valence-electron chi connectivity index (χ1n) is 8.41. The third-order valence-corrected chi connectivity index (χ3v) is 4.35. The van der Waals surface area contributed by atoms with E-state index < -0.39 is 6.03 Å². The van der Waals surface area contributed by atoms with Gasteiger partial charge in [0.25, 0.3) is 0 Å². The lowest BCUT2D eigenvalue weighted by atomic mass is 10.1. The number of carbonyl (C=O) groups is 1. The summed E-state index contributed by atoms with van der Waals surface area (Å²) in [6.07, 6.45) is 5.47. The highest BCUT2D eigenvalue weighted by Crippen LogP contribution is 2.19. The summed E-state index contributed by atoms with van der Waals surface area (Å²) in [4.78, 5) is 14.2. The third-order valence-electron chi connectivity index (χ3n) is 4.10. The number of carbonyl (C=O) groups excluding carboxylic acids is 1. The summed E-state index contributed by atoms with van der Waals surface area (Å²) in [7, 11) is 0. The predicted molar refractivity (Wildman–Crippen MR) is 104 cm³/mol. The molecule has 3 rings (SSSR count). The van der Waals surface area contributed by atoms with Crippen molar-refractivity contribution in [3.63, 3.8) is 0 Å². The van der Waals surface area contributed by atoms with Crippen LogP contribution in [0.2, 0.25) is 5.02 Å². The molecule has 0 aromatic heterocycles. The molecule has 2 N–H and O–H groups in total. The Morgan fingerprint density at radius 2 is 1.68 bits per heavy atom. The number of urea groups is 1. The van der Waals surface area contributed by atoms with Gasteiger partial charge in [-0.25, -0.2) is 10.2 Å². The standard InChI is InChI=1S/C19H21ClN4O/c20-16-6-8-17(9-7-16)22-19(25)23-21-14-15-4-10-18(11-5-15)24-12-2-1-3-13-24/h4-11,14H,1-3,12-13H2,(H2,22,23,25)/b21-14+. The highest BCUT2D eigenvalue weighted by atomic mass is 35.5. The normalized spacial score (nSPS) is 14.5. The molecule has 0 radical (unpaired) electrons. The molecule has 1 fully saturated rings. The van der Waals surface area contributed by atoms with Gasteiger partial charge in [-0.05, 0) is 61.2 Å². The number of rotatable bonds is 4. The largest absolute Gasteiger partial charge is 0.372 e. The molecule has 6 heteroatoms. The minimum atomic E-state index is -0.400. The van der Waals surface area contributed by atoms with Gasteiger partial charge in [-0.1, -0.05) is 23.7 Å². The molecule has 1 saturated heterocycles. The van der Waals surface area contributed by atoms with Crippen molar-refractivity contribution in [3.8, 4) is 0 Å². The van der Waals surface area contributed by atoms with E-state index in [1.807, 2.05) is 12.1 Å². The van der Waals surface area contributed by atoms with Crippen molar-refractivity contribution in [1.29, 1.82) is 0 Å². The Balaban J connectivity index is 1.49. The summed E-state index contributed by atoms with van der Waals surface area (Å²) < 4.78 is 0. The van der Waals surface area contributed by atoms with E-state index in [9.17, 15) is 4.79 Å². The van der Waals surface area contributed by atoms with E-state index >= 15 is 0 Å². The molecule has 25 heavy (non-hydrogen) atoms. The van der Waals surface area contributed by atoms with Crippen molar-refractivity contribution in [1.82, 2.24) is 5.43 Å². The number of piperidine rings is 1. The number of anilines is 2. The van der Waals surface area contributed by atoms with Crippen LogP contribution in [-0.2, 0) is 0 Å². The molecule has 0 atom stereocenters. The SMILES string of the molecule is O=C(N/N=C/c1ccc(N2CCCCC2)cc1)Nc1ccc(Cl)cc1. The lowest BCUT2D eigenvalue weighted by molar-refractivity contribution is 0.252. The number of nitrogens with one attached hydrogen (secondary N) is 2. The molecule has 1 heterocycles.